The van der Waals surface area contributed by atoms with Gasteiger partial charge in [0.05, 0.1) is 27.6 Å². The summed E-state index contributed by atoms with van der Waals surface area (Å²) in [5, 5.41) is 0. The molecule has 0 aromatic heterocycles. The van der Waals surface area contributed by atoms with Gasteiger partial charge in [-0.1, -0.05) is 6.42 Å². The number of ether oxygens (including phenoxy) is 2. The highest BCUT2D eigenvalue weighted by atomic mass is 31.2. The van der Waals surface area contributed by atoms with Crippen molar-refractivity contribution in [2.75, 3.05) is 26.4 Å². The molecule has 0 aliphatic rings. The quantitative estimate of drug-likeness (QED) is 0.308. The van der Waals surface area contributed by atoms with Crippen molar-refractivity contribution in [2.45, 2.75) is 38.5 Å². The minimum atomic E-state index is -4.85. The molecule has 0 amide bonds. The van der Waals surface area contributed by atoms with Crippen LogP contribution in [0.1, 0.15) is 38.5 Å². The lowest BCUT2D eigenvalue weighted by Gasteiger charge is -2.28. The molecule has 8 nitrogen and oxygen atoms in total. The maximum absolute atomic E-state index is 11.1. The zero-order chi connectivity index (χ0) is 15.3. The Morgan fingerprint density at radius 1 is 0.900 bits per heavy atom. The van der Waals surface area contributed by atoms with E-state index in [9.17, 15) is 19.1 Å². The second-order valence-corrected chi connectivity index (χ2v) is 5.29. The molecule has 0 saturated carbocycles. The van der Waals surface area contributed by atoms with Gasteiger partial charge in [-0.25, -0.2) is 4.79 Å². The summed E-state index contributed by atoms with van der Waals surface area (Å²) in [6.07, 6.45) is 3.37. The SMILES string of the molecule is NCCCCOC(=O)OCCCCCCOP(=O)([O-])[O-]. The van der Waals surface area contributed by atoms with Gasteiger partial charge in [0.1, 0.15) is 0 Å². The first-order chi connectivity index (χ1) is 9.45. The number of hydrogen-bond acceptors (Lipinski definition) is 8. The molecule has 2 N–H and O–H groups in total. The lowest BCUT2D eigenvalue weighted by Crippen LogP contribution is -2.16. The van der Waals surface area contributed by atoms with E-state index in [1.54, 1.807) is 0 Å². The first-order valence-electron chi connectivity index (χ1n) is 6.62. The van der Waals surface area contributed by atoms with Crippen molar-refractivity contribution in [3.05, 3.63) is 0 Å². The van der Waals surface area contributed by atoms with E-state index in [0.717, 1.165) is 19.3 Å². The van der Waals surface area contributed by atoms with Crippen molar-refractivity contribution in [2.24, 2.45) is 5.73 Å². The fraction of sp³-hybridized carbons (Fsp3) is 0.909. The highest BCUT2D eigenvalue weighted by molar-refractivity contribution is 7.43. The lowest BCUT2D eigenvalue weighted by atomic mass is 10.2. The summed E-state index contributed by atoms with van der Waals surface area (Å²) in [5.74, 6) is 0. The molecular weight excluding hydrogens is 289 g/mol. The van der Waals surface area contributed by atoms with Gasteiger partial charge in [0, 0.05) is 0 Å². The molecule has 0 heterocycles. The number of phosphoric ester groups is 1. The van der Waals surface area contributed by atoms with E-state index >= 15 is 0 Å². The van der Waals surface area contributed by atoms with Crippen LogP contribution in [0.4, 0.5) is 4.79 Å². The molecule has 0 saturated heterocycles. The van der Waals surface area contributed by atoms with Crippen LogP contribution in [-0.2, 0) is 18.6 Å². The zero-order valence-corrected chi connectivity index (χ0v) is 12.3. The minimum absolute atomic E-state index is 0.103. The molecule has 0 aromatic rings. The van der Waals surface area contributed by atoms with Crippen molar-refractivity contribution in [3.8, 4) is 0 Å². The Labute approximate surface area is 118 Å². The normalized spacial score (nSPS) is 11.3. The summed E-state index contributed by atoms with van der Waals surface area (Å²) in [5.41, 5.74) is 5.29. The Balaban J connectivity index is 3.23. The van der Waals surface area contributed by atoms with E-state index in [4.69, 9.17) is 15.2 Å². The van der Waals surface area contributed by atoms with Crippen LogP contribution in [0.15, 0.2) is 0 Å². The van der Waals surface area contributed by atoms with E-state index in [1.807, 2.05) is 0 Å². The maximum Gasteiger partial charge on any atom is 0.508 e. The number of carbonyl (C=O) groups is 1. The number of nitrogens with two attached hydrogens (primary N) is 1. The zero-order valence-electron chi connectivity index (χ0n) is 11.5. The van der Waals surface area contributed by atoms with Gasteiger partial charge < -0.3 is 34.1 Å². The van der Waals surface area contributed by atoms with Crippen LogP contribution in [0.3, 0.4) is 0 Å². The topological polar surface area (TPSA) is 134 Å². The first kappa shape index (κ1) is 19.3. The molecule has 0 unspecified atom stereocenters. The van der Waals surface area contributed by atoms with Gasteiger partial charge in [-0.15, -0.1) is 0 Å². The summed E-state index contributed by atoms with van der Waals surface area (Å²) in [6, 6.07) is 0. The number of rotatable bonds is 12. The smallest absolute Gasteiger partial charge is 0.508 e. The van der Waals surface area contributed by atoms with Crippen LogP contribution >= 0.6 is 7.82 Å². The Hall–Kier alpha value is -0.660. The third-order valence-electron chi connectivity index (χ3n) is 2.33. The van der Waals surface area contributed by atoms with Crippen LogP contribution in [0.5, 0.6) is 0 Å². The average molecular weight is 311 g/mol. The maximum atomic E-state index is 11.1. The molecule has 0 fully saturated rings. The van der Waals surface area contributed by atoms with Crippen LogP contribution in [0, 0.1) is 0 Å². The lowest BCUT2D eigenvalue weighted by molar-refractivity contribution is -0.341. The molecule has 0 aliphatic heterocycles. The van der Waals surface area contributed by atoms with Gasteiger partial charge in [0.25, 0.3) is 0 Å². The molecule has 20 heavy (non-hydrogen) atoms. The number of hydrogen-bond donors (Lipinski definition) is 1. The average Bonchev–Trinajstić information content (AvgIpc) is 2.36. The summed E-state index contributed by atoms with van der Waals surface area (Å²) in [4.78, 5) is 31.3. The molecule has 0 bridgehead atoms. The van der Waals surface area contributed by atoms with Gasteiger partial charge >= 0.3 is 6.16 Å². The Morgan fingerprint density at radius 3 is 1.90 bits per heavy atom. The van der Waals surface area contributed by atoms with Crippen molar-refractivity contribution in [3.63, 3.8) is 0 Å². The van der Waals surface area contributed by atoms with E-state index in [-0.39, 0.29) is 13.2 Å². The van der Waals surface area contributed by atoms with Crippen molar-refractivity contribution in [1.29, 1.82) is 0 Å². The van der Waals surface area contributed by atoms with Gasteiger partial charge in [-0.2, -0.15) is 0 Å². The summed E-state index contributed by atoms with van der Waals surface area (Å²) in [7, 11) is -4.85. The molecule has 0 atom stereocenters. The highest BCUT2D eigenvalue weighted by Crippen LogP contribution is 2.24. The molecule has 0 aliphatic carbocycles. The van der Waals surface area contributed by atoms with Gasteiger partial charge in [0.2, 0.25) is 0 Å². The Bertz CT molecular complexity index is 294. The fourth-order valence-corrected chi connectivity index (χ4v) is 1.69. The van der Waals surface area contributed by atoms with Crippen molar-refractivity contribution >= 4 is 14.0 Å². The number of unbranched alkanes of at least 4 members (excludes halogenated alkanes) is 4. The second-order valence-electron chi connectivity index (χ2n) is 4.14. The molecule has 9 heteroatoms. The van der Waals surface area contributed by atoms with E-state index in [2.05, 4.69) is 4.52 Å². The van der Waals surface area contributed by atoms with Gasteiger partial charge in [0.15, 0.2) is 0 Å². The Kier molecular flexibility index (Phi) is 11.7. The Morgan fingerprint density at radius 2 is 1.40 bits per heavy atom. The first-order valence-corrected chi connectivity index (χ1v) is 8.08. The van der Waals surface area contributed by atoms with E-state index in [0.29, 0.717) is 32.4 Å². The fourth-order valence-electron chi connectivity index (χ4n) is 1.33. The van der Waals surface area contributed by atoms with Crippen molar-refractivity contribution < 1.29 is 33.1 Å². The summed E-state index contributed by atoms with van der Waals surface area (Å²) in [6.45, 7) is 1.01. The van der Waals surface area contributed by atoms with Gasteiger partial charge in [-0.3, -0.25) is 0 Å². The number of carbonyl (C=O) groups excluding carboxylic acids is 1. The van der Waals surface area contributed by atoms with E-state index < -0.39 is 14.0 Å². The van der Waals surface area contributed by atoms with Crippen molar-refractivity contribution in [1.82, 2.24) is 0 Å². The molecule has 0 aromatic carbocycles. The molecular formula is C11H22NO7P-2. The third-order valence-corrected chi connectivity index (χ3v) is 2.83. The van der Waals surface area contributed by atoms with Crippen LogP contribution in [-0.4, -0.2) is 32.5 Å². The summed E-state index contributed by atoms with van der Waals surface area (Å²) < 4.78 is 23.8. The monoisotopic (exact) mass is 311 g/mol. The second kappa shape index (κ2) is 12.1. The van der Waals surface area contributed by atoms with E-state index in [1.165, 1.54) is 0 Å². The summed E-state index contributed by atoms with van der Waals surface area (Å²) >= 11 is 0. The predicted octanol–water partition coefficient (Wildman–Crippen LogP) is 0.284. The standard InChI is InChI=1S/C11H24NO7P/c12-7-3-6-9-18-11(13)17-8-4-1-2-5-10-19-20(14,15)16/h1-10,12H2,(H2,14,15,16)/p-2. The predicted molar refractivity (Wildman–Crippen MR) is 67.6 cm³/mol. The van der Waals surface area contributed by atoms with Crippen LogP contribution in [0.25, 0.3) is 0 Å². The van der Waals surface area contributed by atoms with Crippen LogP contribution in [0.2, 0.25) is 0 Å². The molecule has 120 valence electrons. The van der Waals surface area contributed by atoms with Crippen LogP contribution < -0.4 is 15.5 Å². The largest absolute Gasteiger partial charge is 0.790 e. The third kappa shape index (κ3) is 15.4. The number of phosphoric acid groups is 1. The molecule has 0 radical (unpaired) electrons. The molecule has 0 rings (SSSR count). The highest BCUT2D eigenvalue weighted by Gasteiger charge is 2.02. The minimum Gasteiger partial charge on any atom is -0.790 e. The van der Waals surface area contributed by atoms with Gasteiger partial charge in [-0.05, 0) is 38.6 Å². The molecule has 0 spiro atoms.